The highest BCUT2D eigenvalue weighted by molar-refractivity contribution is 7.99. The van der Waals surface area contributed by atoms with Gasteiger partial charge >= 0.3 is 23.9 Å². The van der Waals surface area contributed by atoms with E-state index in [0.29, 0.717) is 0 Å². The smallest absolute Gasteiger partial charge is 0.303 e. The van der Waals surface area contributed by atoms with Gasteiger partial charge in [-0.1, -0.05) is 30.0 Å². The lowest BCUT2D eigenvalue weighted by Crippen LogP contribution is -2.61. The van der Waals surface area contributed by atoms with Crippen LogP contribution >= 0.6 is 11.8 Å². The molecule has 0 radical (unpaired) electrons. The molecule has 30 heavy (non-hydrogen) atoms. The fourth-order valence-corrected chi connectivity index (χ4v) is 4.04. The molecule has 5 atom stereocenters. The van der Waals surface area contributed by atoms with Gasteiger partial charge in [-0.2, -0.15) is 0 Å². The zero-order valence-electron chi connectivity index (χ0n) is 17.1. The van der Waals surface area contributed by atoms with E-state index in [-0.39, 0.29) is 6.61 Å². The largest absolute Gasteiger partial charge is 0.463 e. The maximum Gasteiger partial charge on any atom is 0.303 e. The van der Waals surface area contributed by atoms with Crippen molar-refractivity contribution in [3.05, 3.63) is 30.3 Å². The molecule has 0 amide bonds. The highest BCUT2D eigenvalue weighted by atomic mass is 32.2. The minimum atomic E-state index is -1.16. The van der Waals surface area contributed by atoms with Crippen molar-refractivity contribution in [3.8, 4) is 0 Å². The van der Waals surface area contributed by atoms with Gasteiger partial charge in [0, 0.05) is 32.6 Å². The average Bonchev–Trinajstić information content (AvgIpc) is 2.64. The Morgan fingerprint density at radius 2 is 1.33 bits per heavy atom. The van der Waals surface area contributed by atoms with Crippen LogP contribution in [-0.4, -0.2) is 60.3 Å². The fourth-order valence-electron chi connectivity index (χ4n) is 2.92. The van der Waals surface area contributed by atoms with Gasteiger partial charge in [-0.05, 0) is 12.1 Å². The molecule has 1 heterocycles. The van der Waals surface area contributed by atoms with Crippen molar-refractivity contribution in [2.75, 3.05) is 6.61 Å². The van der Waals surface area contributed by atoms with Crippen LogP contribution in [0.5, 0.6) is 0 Å². The molecule has 1 aliphatic rings. The van der Waals surface area contributed by atoms with Crippen molar-refractivity contribution in [3.63, 3.8) is 0 Å². The Kier molecular flexibility index (Phi) is 8.67. The summed E-state index contributed by atoms with van der Waals surface area (Å²) in [6.07, 6.45) is -4.33. The van der Waals surface area contributed by atoms with E-state index in [1.807, 2.05) is 30.3 Å². The molecule has 164 valence electrons. The Balaban J connectivity index is 2.42. The van der Waals surface area contributed by atoms with Crippen LogP contribution in [0.15, 0.2) is 35.2 Å². The normalized spacial score (nSPS) is 25.7. The third-order valence-electron chi connectivity index (χ3n) is 3.94. The molecular formula is C20H24O9S. The van der Waals surface area contributed by atoms with E-state index in [0.717, 1.165) is 4.90 Å². The lowest BCUT2D eigenvalue weighted by Gasteiger charge is -2.44. The van der Waals surface area contributed by atoms with Crippen molar-refractivity contribution < 1.29 is 42.9 Å². The van der Waals surface area contributed by atoms with Crippen LogP contribution < -0.4 is 0 Å². The highest BCUT2D eigenvalue weighted by Gasteiger charge is 2.52. The topological polar surface area (TPSA) is 114 Å². The summed E-state index contributed by atoms with van der Waals surface area (Å²) in [5.41, 5.74) is -0.826. The van der Waals surface area contributed by atoms with E-state index in [4.69, 9.17) is 23.7 Å². The molecule has 0 unspecified atom stereocenters. The maximum absolute atomic E-state index is 11.8. The van der Waals surface area contributed by atoms with Gasteiger partial charge in [0.1, 0.15) is 18.1 Å². The number of benzene rings is 1. The van der Waals surface area contributed by atoms with Gasteiger partial charge in [0.2, 0.25) is 0 Å². The Bertz CT molecular complexity index is 767. The average molecular weight is 440 g/mol. The SMILES string of the molecule is CC(=O)OC[C@@H]1O[C@@H](Sc2ccccc2)[C@@H](OC(C)=O)[C@H](OC(C)=O)[C@H]1OC(C)=O. The van der Waals surface area contributed by atoms with Crippen LogP contribution in [0.2, 0.25) is 0 Å². The molecule has 2 rings (SSSR count). The molecule has 0 spiro atoms. The molecule has 1 aromatic carbocycles. The lowest BCUT2D eigenvalue weighted by atomic mass is 9.99. The zero-order valence-corrected chi connectivity index (χ0v) is 17.9. The first-order valence-corrected chi connectivity index (χ1v) is 10.1. The number of carbonyl (C=O) groups excluding carboxylic acids is 4. The van der Waals surface area contributed by atoms with E-state index in [1.165, 1.54) is 39.5 Å². The van der Waals surface area contributed by atoms with Crippen molar-refractivity contribution in [1.29, 1.82) is 0 Å². The molecular weight excluding hydrogens is 416 g/mol. The minimum Gasteiger partial charge on any atom is -0.463 e. The second kappa shape index (κ2) is 11.0. The van der Waals surface area contributed by atoms with E-state index in [1.54, 1.807) is 0 Å². The van der Waals surface area contributed by atoms with E-state index < -0.39 is 53.7 Å². The molecule has 1 fully saturated rings. The van der Waals surface area contributed by atoms with Crippen LogP contribution in [0.1, 0.15) is 27.7 Å². The number of ether oxygens (including phenoxy) is 5. The second-order valence-corrected chi connectivity index (χ2v) is 7.67. The number of hydrogen-bond acceptors (Lipinski definition) is 10. The molecule has 0 N–H and O–H groups in total. The third-order valence-corrected chi connectivity index (χ3v) is 5.10. The van der Waals surface area contributed by atoms with Gasteiger partial charge in [-0.25, -0.2) is 0 Å². The van der Waals surface area contributed by atoms with E-state index >= 15 is 0 Å². The van der Waals surface area contributed by atoms with Crippen LogP contribution in [0, 0.1) is 0 Å². The summed E-state index contributed by atoms with van der Waals surface area (Å²) < 4.78 is 27.2. The summed E-state index contributed by atoms with van der Waals surface area (Å²) in [5.74, 6) is -2.51. The Morgan fingerprint density at radius 3 is 1.87 bits per heavy atom. The van der Waals surface area contributed by atoms with Crippen LogP contribution in [0.4, 0.5) is 0 Å². The second-order valence-electron chi connectivity index (χ2n) is 6.50. The summed E-state index contributed by atoms with van der Waals surface area (Å²) in [6.45, 7) is 4.56. The molecule has 0 bridgehead atoms. The van der Waals surface area contributed by atoms with E-state index in [9.17, 15) is 19.2 Å². The summed E-state index contributed by atoms with van der Waals surface area (Å²) in [4.78, 5) is 47.3. The summed E-state index contributed by atoms with van der Waals surface area (Å²) >= 11 is 1.23. The van der Waals surface area contributed by atoms with Gasteiger partial charge in [0.15, 0.2) is 18.3 Å². The standard InChI is InChI=1S/C20H24O9S/c1-11(21)25-10-16-17(26-12(2)22)18(27-13(3)23)19(28-14(4)24)20(29-16)30-15-8-6-5-7-9-15/h5-9,16-20H,10H2,1-4H3/t16-,17-,18+,19-,20-/m0/s1. The van der Waals surface area contributed by atoms with Crippen LogP contribution in [-0.2, 0) is 42.9 Å². The zero-order chi connectivity index (χ0) is 22.3. The first-order chi connectivity index (χ1) is 14.2. The summed E-state index contributed by atoms with van der Waals surface area (Å²) in [5, 5.41) is 0. The number of thioether (sulfide) groups is 1. The Morgan fingerprint density at radius 1 is 0.800 bits per heavy atom. The number of esters is 4. The monoisotopic (exact) mass is 440 g/mol. The van der Waals surface area contributed by atoms with Gasteiger partial charge in [0.05, 0.1) is 0 Å². The van der Waals surface area contributed by atoms with Crippen molar-refractivity contribution in [1.82, 2.24) is 0 Å². The highest BCUT2D eigenvalue weighted by Crippen LogP contribution is 2.37. The quantitative estimate of drug-likeness (QED) is 0.460. The molecule has 9 nitrogen and oxygen atoms in total. The van der Waals surface area contributed by atoms with Gasteiger partial charge in [-0.3, -0.25) is 19.2 Å². The minimum absolute atomic E-state index is 0.246. The van der Waals surface area contributed by atoms with E-state index in [2.05, 4.69) is 0 Å². The third kappa shape index (κ3) is 7.03. The van der Waals surface area contributed by atoms with Crippen LogP contribution in [0.3, 0.4) is 0 Å². The summed E-state index contributed by atoms with van der Waals surface area (Å²) in [6, 6.07) is 9.16. The predicted octanol–water partition coefficient (Wildman–Crippen LogP) is 1.86. The van der Waals surface area contributed by atoms with Crippen molar-refractivity contribution in [2.45, 2.75) is 62.4 Å². The molecule has 0 saturated carbocycles. The molecule has 10 heteroatoms. The van der Waals surface area contributed by atoms with Crippen molar-refractivity contribution in [2.24, 2.45) is 0 Å². The molecule has 0 aromatic heterocycles. The van der Waals surface area contributed by atoms with Gasteiger partial charge in [0.25, 0.3) is 0 Å². The maximum atomic E-state index is 11.8. The Hall–Kier alpha value is -2.59. The first kappa shape index (κ1) is 23.7. The predicted molar refractivity (Wildman–Crippen MR) is 104 cm³/mol. The number of hydrogen-bond donors (Lipinski definition) is 0. The lowest BCUT2D eigenvalue weighted by molar-refractivity contribution is -0.237. The molecule has 0 aliphatic carbocycles. The number of rotatable bonds is 7. The number of carbonyl (C=O) groups is 4. The fraction of sp³-hybridized carbons (Fsp3) is 0.500. The van der Waals surface area contributed by atoms with Crippen LogP contribution in [0.25, 0.3) is 0 Å². The van der Waals surface area contributed by atoms with Gasteiger partial charge < -0.3 is 23.7 Å². The van der Waals surface area contributed by atoms with Gasteiger partial charge in [-0.15, -0.1) is 0 Å². The Labute approximate surface area is 178 Å². The molecule has 1 aromatic rings. The first-order valence-electron chi connectivity index (χ1n) is 9.19. The molecule has 1 saturated heterocycles. The summed E-state index contributed by atoms with van der Waals surface area (Å²) in [7, 11) is 0. The van der Waals surface area contributed by atoms with Crippen molar-refractivity contribution >= 4 is 35.6 Å². The molecule has 1 aliphatic heterocycles.